The molecule has 0 atom stereocenters. The molecule has 8 heteroatoms. The summed E-state index contributed by atoms with van der Waals surface area (Å²) in [7, 11) is 0. The van der Waals surface area contributed by atoms with E-state index in [4.69, 9.17) is 28.4 Å². The zero-order chi connectivity index (χ0) is 19.5. The van der Waals surface area contributed by atoms with Crippen LogP contribution < -0.4 is 0 Å². The first-order valence-corrected chi connectivity index (χ1v) is 11.3. The first-order chi connectivity index (χ1) is 13.9. The quantitative estimate of drug-likeness (QED) is 0.317. The molecule has 0 amide bonds. The Morgan fingerprint density at radius 3 is 1.07 bits per heavy atom. The maximum Gasteiger partial charge on any atom is 0.0726 e. The topological polar surface area (TPSA) is 55.4 Å². The Morgan fingerprint density at radius 2 is 0.786 bits per heavy atom. The van der Waals surface area contributed by atoms with Crippen molar-refractivity contribution in [3.05, 3.63) is 44.8 Å². The van der Waals surface area contributed by atoms with Crippen molar-refractivity contribution in [2.45, 2.75) is 13.2 Å². The number of rotatable bonds is 19. The van der Waals surface area contributed by atoms with Crippen molar-refractivity contribution < 1.29 is 28.4 Å². The van der Waals surface area contributed by atoms with Crippen LogP contribution in [-0.4, -0.2) is 66.1 Å². The number of hydrogen-bond acceptors (Lipinski definition) is 8. The molecule has 0 saturated heterocycles. The summed E-state index contributed by atoms with van der Waals surface area (Å²) < 4.78 is 32.8. The summed E-state index contributed by atoms with van der Waals surface area (Å²) in [6.45, 7) is 7.01. The Balaban J connectivity index is 1.20. The molecule has 2 aromatic rings. The van der Waals surface area contributed by atoms with Gasteiger partial charge in [-0.25, -0.2) is 0 Å². The minimum Gasteiger partial charge on any atom is -0.377 e. The van der Waals surface area contributed by atoms with E-state index < -0.39 is 0 Å². The number of thiophene rings is 2. The second kappa shape index (κ2) is 17.1. The lowest BCUT2D eigenvalue weighted by Gasteiger charge is -2.08. The van der Waals surface area contributed by atoms with Crippen LogP contribution >= 0.6 is 22.7 Å². The van der Waals surface area contributed by atoms with E-state index >= 15 is 0 Å². The van der Waals surface area contributed by atoms with E-state index in [-0.39, 0.29) is 0 Å². The summed E-state index contributed by atoms with van der Waals surface area (Å²) in [5.74, 6) is 0. The van der Waals surface area contributed by atoms with Gasteiger partial charge in [0.05, 0.1) is 79.3 Å². The van der Waals surface area contributed by atoms with Crippen LogP contribution in [0.5, 0.6) is 0 Å². The van der Waals surface area contributed by atoms with Gasteiger partial charge in [-0.2, -0.15) is 22.7 Å². The van der Waals surface area contributed by atoms with Gasteiger partial charge in [0.15, 0.2) is 0 Å². The van der Waals surface area contributed by atoms with Crippen LogP contribution in [0.2, 0.25) is 0 Å². The minimum atomic E-state index is 0.557. The predicted octanol–water partition coefficient (Wildman–Crippen LogP) is 3.61. The van der Waals surface area contributed by atoms with E-state index in [1.165, 1.54) is 11.1 Å². The molecule has 0 saturated carbocycles. The van der Waals surface area contributed by atoms with Gasteiger partial charge < -0.3 is 28.4 Å². The van der Waals surface area contributed by atoms with Crippen LogP contribution in [0.15, 0.2) is 33.7 Å². The molecule has 0 N–H and O–H groups in total. The molecule has 2 rings (SSSR count). The maximum absolute atomic E-state index is 5.51. The highest BCUT2D eigenvalue weighted by atomic mass is 32.1. The monoisotopic (exact) mass is 430 g/mol. The van der Waals surface area contributed by atoms with E-state index in [1.54, 1.807) is 22.7 Å². The average molecular weight is 431 g/mol. The summed E-state index contributed by atoms with van der Waals surface area (Å²) >= 11 is 3.36. The van der Waals surface area contributed by atoms with Gasteiger partial charge >= 0.3 is 0 Å². The lowest BCUT2D eigenvalue weighted by Crippen LogP contribution is -2.14. The molecule has 2 aromatic heterocycles. The molecule has 0 aromatic carbocycles. The second-order valence-electron chi connectivity index (χ2n) is 5.82. The minimum absolute atomic E-state index is 0.557. The van der Waals surface area contributed by atoms with E-state index in [0.29, 0.717) is 79.3 Å². The highest BCUT2D eigenvalue weighted by Crippen LogP contribution is 2.07. The fourth-order valence-electron chi connectivity index (χ4n) is 2.13. The van der Waals surface area contributed by atoms with Crippen molar-refractivity contribution in [3.8, 4) is 0 Å². The Kier molecular flexibility index (Phi) is 14.3. The summed E-state index contributed by atoms with van der Waals surface area (Å²) in [4.78, 5) is 0. The molecule has 0 unspecified atom stereocenters. The van der Waals surface area contributed by atoms with Crippen molar-refractivity contribution in [1.82, 2.24) is 0 Å². The Morgan fingerprint density at radius 1 is 0.464 bits per heavy atom. The molecule has 0 aliphatic heterocycles. The van der Waals surface area contributed by atoms with Crippen LogP contribution in [0, 0.1) is 0 Å². The Bertz CT molecular complexity index is 497. The van der Waals surface area contributed by atoms with Gasteiger partial charge in [0.2, 0.25) is 0 Å². The van der Waals surface area contributed by atoms with Crippen molar-refractivity contribution in [2.24, 2.45) is 0 Å². The second-order valence-corrected chi connectivity index (χ2v) is 7.38. The molecule has 2 heterocycles. The fraction of sp³-hybridized carbons (Fsp3) is 0.600. The number of hydrogen-bond donors (Lipinski definition) is 0. The van der Waals surface area contributed by atoms with E-state index in [0.717, 1.165) is 0 Å². The molecule has 0 radical (unpaired) electrons. The first kappa shape index (κ1) is 23.4. The molecule has 28 heavy (non-hydrogen) atoms. The molecule has 0 bridgehead atoms. The van der Waals surface area contributed by atoms with Crippen molar-refractivity contribution >= 4 is 22.7 Å². The summed E-state index contributed by atoms with van der Waals surface area (Å²) in [6, 6.07) is 4.13. The van der Waals surface area contributed by atoms with Crippen molar-refractivity contribution in [1.29, 1.82) is 0 Å². The molecule has 0 spiro atoms. The maximum atomic E-state index is 5.51. The lowest BCUT2D eigenvalue weighted by atomic mass is 10.4. The molecule has 0 aliphatic carbocycles. The predicted molar refractivity (Wildman–Crippen MR) is 111 cm³/mol. The molecular formula is C20H30O6S2. The molecule has 0 aliphatic rings. The SMILES string of the molecule is c1cc(COCCOCCOCCOCCOCCOCc2ccsc2)cs1. The van der Waals surface area contributed by atoms with Crippen LogP contribution in [-0.2, 0) is 41.6 Å². The summed E-state index contributed by atoms with van der Waals surface area (Å²) in [6.07, 6.45) is 0. The third kappa shape index (κ3) is 12.6. The van der Waals surface area contributed by atoms with Gasteiger partial charge in [-0.15, -0.1) is 0 Å². The van der Waals surface area contributed by atoms with Crippen molar-refractivity contribution in [2.75, 3.05) is 66.1 Å². The zero-order valence-corrected chi connectivity index (χ0v) is 17.8. The van der Waals surface area contributed by atoms with E-state index in [1.807, 2.05) is 10.8 Å². The normalized spacial score (nSPS) is 11.3. The Hall–Kier alpha value is -0.840. The number of ether oxygens (including phenoxy) is 6. The van der Waals surface area contributed by atoms with Crippen LogP contribution in [0.3, 0.4) is 0 Å². The Labute approximate surface area is 175 Å². The third-order valence-electron chi connectivity index (χ3n) is 3.56. The standard InChI is InChI=1S/C20H30O6S2/c1-13-27-17-19(1)15-25-11-9-23-7-5-21-3-4-22-6-8-24-10-12-26-16-20-2-14-28-18-20/h1-2,13-14,17-18H,3-12,15-16H2. The van der Waals surface area contributed by atoms with E-state index in [2.05, 4.69) is 22.9 Å². The van der Waals surface area contributed by atoms with Gasteiger partial charge in [-0.05, 0) is 44.8 Å². The molecule has 6 nitrogen and oxygen atoms in total. The third-order valence-corrected chi connectivity index (χ3v) is 5.02. The highest BCUT2D eigenvalue weighted by molar-refractivity contribution is 7.08. The molecule has 0 fully saturated rings. The fourth-order valence-corrected chi connectivity index (χ4v) is 3.43. The van der Waals surface area contributed by atoms with Gasteiger partial charge in [-0.3, -0.25) is 0 Å². The summed E-state index contributed by atoms with van der Waals surface area (Å²) in [5.41, 5.74) is 2.42. The lowest BCUT2D eigenvalue weighted by molar-refractivity contribution is -0.0185. The van der Waals surface area contributed by atoms with Crippen LogP contribution in [0.25, 0.3) is 0 Å². The van der Waals surface area contributed by atoms with Gasteiger partial charge in [0.25, 0.3) is 0 Å². The van der Waals surface area contributed by atoms with Crippen LogP contribution in [0.4, 0.5) is 0 Å². The smallest absolute Gasteiger partial charge is 0.0726 e. The molecule has 158 valence electrons. The van der Waals surface area contributed by atoms with Crippen LogP contribution in [0.1, 0.15) is 11.1 Å². The van der Waals surface area contributed by atoms with Gasteiger partial charge in [0, 0.05) is 0 Å². The van der Waals surface area contributed by atoms with E-state index in [9.17, 15) is 0 Å². The van der Waals surface area contributed by atoms with Crippen molar-refractivity contribution in [3.63, 3.8) is 0 Å². The first-order valence-electron chi connectivity index (χ1n) is 9.44. The largest absolute Gasteiger partial charge is 0.377 e. The zero-order valence-electron chi connectivity index (χ0n) is 16.2. The summed E-state index contributed by atoms with van der Waals surface area (Å²) in [5, 5.41) is 8.27. The molecular weight excluding hydrogens is 400 g/mol. The average Bonchev–Trinajstić information content (AvgIpc) is 3.41. The highest BCUT2D eigenvalue weighted by Gasteiger charge is 1.96. The van der Waals surface area contributed by atoms with Gasteiger partial charge in [0.1, 0.15) is 0 Å². The van der Waals surface area contributed by atoms with Gasteiger partial charge in [-0.1, -0.05) is 0 Å².